The van der Waals surface area contributed by atoms with E-state index in [2.05, 4.69) is 20.6 Å². The van der Waals surface area contributed by atoms with Gasteiger partial charge in [-0.3, -0.25) is 14.4 Å². The molecule has 2 rings (SSSR count). The van der Waals surface area contributed by atoms with Gasteiger partial charge in [-0.2, -0.15) is 0 Å². The van der Waals surface area contributed by atoms with E-state index in [1.165, 1.54) is 20.5 Å². The number of nitrogens with one attached hydrogen (secondary N) is 3. The van der Waals surface area contributed by atoms with Crippen LogP contribution in [-0.2, 0) is 9.53 Å². The molecule has 0 aliphatic heterocycles. The van der Waals surface area contributed by atoms with Gasteiger partial charge in [-0.15, -0.1) is 0 Å². The maximum Gasteiger partial charge on any atom is 0.308 e. The number of esters is 1. The molecule has 1 aromatic rings. The second-order valence-electron chi connectivity index (χ2n) is 5.80. The zero-order valence-corrected chi connectivity index (χ0v) is 13.5. The van der Waals surface area contributed by atoms with Crippen LogP contribution in [0.2, 0.25) is 0 Å². The lowest BCUT2D eigenvalue weighted by Crippen LogP contribution is -2.44. The van der Waals surface area contributed by atoms with Gasteiger partial charge in [-0.25, -0.2) is 4.98 Å². The molecule has 1 saturated carbocycles. The second-order valence-corrected chi connectivity index (χ2v) is 5.80. The molecule has 3 N–H and O–H groups in total. The summed E-state index contributed by atoms with van der Waals surface area (Å²) < 4.78 is 4.78. The van der Waals surface area contributed by atoms with Gasteiger partial charge >= 0.3 is 5.97 Å². The summed E-state index contributed by atoms with van der Waals surface area (Å²) in [4.78, 5) is 42.3. The van der Waals surface area contributed by atoms with Crippen molar-refractivity contribution in [2.45, 2.75) is 32.2 Å². The highest BCUT2D eigenvalue weighted by molar-refractivity contribution is 6.04. The number of methoxy groups -OCH3 is 1. The third-order valence-electron chi connectivity index (χ3n) is 4.33. The van der Waals surface area contributed by atoms with E-state index in [1.807, 2.05) is 6.92 Å². The number of H-pyrrole nitrogens is 1. The van der Waals surface area contributed by atoms with Crippen molar-refractivity contribution < 1.29 is 19.1 Å². The Kier molecular flexibility index (Phi) is 5.36. The molecular weight excluding hydrogens is 300 g/mol. The average Bonchev–Trinajstić information content (AvgIpc) is 3.04. The number of aromatic amines is 1. The first-order valence-electron chi connectivity index (χ1n) is 7.62. The van der Waals surface area contributed by atoms with E-state index in [0.717, 1.165) is 0 Å². The highest BCUT2D eigenvalue weighted by atomic mass is 16.5. The molecule has 0 radical (unpaired) electrons. The summed E-state index contributed by atoms with van der Waals surface area (Å²) >= 11 is 0. The van der Waals surface area contributed by atoms with Gasteiger partial charge in [-0.1, -0.05) is 6.92 Å². The molecule has 8 nitrogen and oxygen atoms in total. The molecule has 0 spiro atoms. The molecule has 23 heavy (non-hydrogen) atoms. The molecule has 0 aromatic carbocycles. The normalized spacial score (nSPS) is 23.9. The number of amides is 2. The fraction of sp³-hybridized carbons (Fsp3) is 0.600. The molecule has 2 amide bonds. The fourth-order valence-electron chi connectivity index (χ4n) is 2.99. The van der Waals surface area contributed by atoms with Gasteiger partial charge in [-0.05, 0) is 25.2 Å². The Morgan fingerprint density at radius 2 is 2.04 bits per heavy atom. The molecule has 3 atom stereocenters. The number of nitrogens with zero attached hydrogens (tertiary/aromatic N) is 1. The molecule has 0 saturated heterocycles. The number of ether oxygens (including phenoxy) is 1. The smallest absolute Gasteiger partial charge is 0.308 e. The zero-order valence-electron chi connectivity index (χ0n) is 13.5. The van der Waals surface area contributed by atoms with Crippen molar-refractivity contribution in [2.24, 2.45) is 11.8 Å². The van der Waals surface area contributed by atoms with Crippen molar-refractivity contribution in [2.75, 3.05) is 14.2 Å². The first-order chi connectivity index (χ1) is 11.0. The van der Waals surface area contributed by atoms with Gasteiger partial charge in [0.25, 0.3) is 11.8 Å². The molecule has 1 fully saturated rings. The Morgan fingerprint density at radius 1 is 1.30 bits per heavy atom. The van der Waals surface area contributed by atoms with Crippen molar-refractivity contribution in [1.82, 2.24) is 20.6 Å². The Morgan fingerprint density at radius 3 is 2.65 bits per heavy atom. The second kappa shape index (κ2) is 7.26. The molecule has 1 aromatic heterocycles. The molecule has 126 valence electrons. The molecule has 1 heterocycles. The first-order valence-corrected chi connectivity index (χ1v) is 7.62. The van der Waals surface area contributed by atoms with Crippen molar-refractivity contribution in [1.29, 1.82) is 0 Å². The molecule has 3 unspecified atom stereocenters. The topological polar surface area (TPSA) is 113 Å². The lowest BCUT2D eigenvalue weighted by Gasteiger charge is -2.33. The van der Waals surface area contributed by atoms with E-state index in [0.29, 0.717) is 19.3 Å². The van der Waals surface area contributed by atoms with E-state index >= 15 is 0 Å². The van der Waals surface area contributed by atoms with E-state index < -0.39 is 11.8 Å². The van der Waals surface area contributed by atoms with E-state index in [1.54, 1.807) is 0 Å². The van der Waals surface area contributed by atoms with Crippen LogP contribution in [0, 0.1) is 11.8 Å². The van der Waals surface area contributed by atoms with Gasteiger partial charge in [0, 0.05) is 13.1 Å². The molecule has 1 aliphatic carbocycles. The number of carbonyl (C=O) groups excluding carboxylic acids is 3. The summed E-state index contributed by atoms with van der Waals surface area (Å²) in [5, 5.41) is 5.37. The number of rotatable bonds is 4. The van der Waals surface area contributed by atoms with Crippen LogP contribution in [0.15, 0.2) is 6.33 Å². The molecular formula is C15H22N4O4. The van der Waals surface area contributed by atoms with Crippen LogP contribution < -0.4 is 10.6 Å². The van der Waals surface area contributed by atoms with E-state index in [9.17, 15) is 14.4 Å². The predicted octanol–water partition coefficient (Wildman–Crippen LogP) is 0.477. The van der Waals surface area contributed by atoms with Crippen molar-refractivity contribution in [3.63, 3.8) is 0 Å². The van der Waals surface area contributed by atoms with Crippen LogP contribution in [0.5, 0.6) is 0 Å². The lowest BCUT2D eigenvalue weighted by atomic mass is 9.79. The number of aromatic nitrogens is 2. The standard InChI is InChI=1S/C15H22N4O4/c1-8-6-9(15(22)23-3)4-5-10(8)19-14(21)12-11(13(20)16-2)17-7-18-12/h7-10H,4-6H2,1-3H3,(H,16,20)(H,17,18)(H,19,21). The number of carbonyl (C=O) groups is 3. The Balaban J connectivity index is 2.00. The highest BCUT2D eigenvalue weighted by Gasteiger charge is 2.33. The van der Waals surface area contributed by atoms with Crippen molar-refractivity contribution in [3.05, 3.63) is 17.7 Å². The zero-order chi connectivity index (χ0) is 17.0. The molecule has 0 bridgehead atoms. The quantitative estimate of drug-likeness (QED) is 0.698. The van der Waals surface area contributed by atoms with Gasteiger partial charge in [0.15, 0.2) is 5.69 Å². The summed E-state index contributed by atoms with van der Waals surface area (Å²) in [5.41, 5.74) is 0.215. The minimum Gasteiger partial charge on any atom is -0.469 e. The van der Waals surface area contributed by atoms with Crippen LogP contribution in [0.3, 0.4) is 0 Å². The predicted molar refractivity (Wildman–Crippen MR) is 81.8 cm³/mol. The summed E-state index contributed by atoms with van der Waals surface area (Å²) in [5.74, 6) is -0.960. The number of imidazole rings is 1. The highest BCUT2D eigenvalue weighted by Crippen LogP contribution is 2.30. The summed E-state index contributed by atoms with van der Waals surface area (Å²) in [6.45, 7) is 1.99. The minimum atomic E-state index is -0.393. The fourth-order valence-corrected chi connectivity index (χ4v) is 2.99. The summed E-state index contributed by atoms with van der Waals surface area (Å²) in [6.07, 6.45) is 3.34. The van der Waals surface area contributed by atoms with Gasteiger partial charge < -0.3 is 20.4 Å². The maximum absolute atomic E-state index is 12.4. The minimum absolute atomic E-state index is 0.0577. The molecule has 1 aliphatic rings. The largest absolute Gasteiger partial charge is 0.469 e. The summed E-state index contributed by atoms with van der Waals surface area (Å²) in [6, 6.07) is -0.0577. The van der Waals surface area contributed by atoms with Crippen LogP contribution in [0.1, 0.15) is 47.2 Å². The van der Waals surface area contributed by atoms with Gasteiger partial charge in [0.2, 0.25) is 0 Å². The third-order valence-corrected chi connectivity index (χ3v) is 4.33. The first kappa shape index (κ1) is 17.0. The van der Waals surface area contributed by atoms with Crippen molar-refractivity contribution >= 4 is 17.8 Å². The Hall–Kier alpha value is -2.38. The Labute approximate surface area is 134 Å². The Bertz CT molecular complexity index is 598. The van der Waals surface area contributed by atoms with Gasteiger partial charge in [0.05, 0.1) is 19.4 Å². The monoisotopic (exact) mass is 322 g/mol. The summed E-state index contributed by atoms with van der Waals surface area (Å²) in [7, 11) is 2.87. The maximum atomic E-state index is 12.4. The number of hydrogen-bond donors (Lipinski definition) is 3. The van der Waals surface area contributed by atoms with E-state index in [-0.39, 0.29) is 35.2 Å². The van der Waals surface area contributed by atoms with Crippen LogP contribution in [-0.4, -0.2) is 48.0 Å². The third kappa shape index (κ3) is 3.69. The number of hydrogen-bond acceptors (Lipinski definition) is 5. The van der Waals surface area contributed by atoms with Crippen LogP contribution in [0.25, 0.3) is 0 Å². The van der Waals surface area contributed by atoms with Crippen LogP contribution in [0.4, 0.5) is 0 Å². The van der Waals surface area contributed by atoms with Crippen molar-refractivity contribution in [3.8, 4) is 0 Å². The van der Waals surface area contributed by atoms with E-state index in [4.69, 9.17) is 4.74 Å². The van der Waals surface area contributed by atoms with Gasteiger partial charge in [0.1, 0.15) is 5.69 Å². The van der Waals surface area contributed by atoms with Crippen LogP contribution >= 0.6 is 0 Å². The molecule has 8 heteroatoms. The lowest BCUT2D eigenvalue weighted by molar-refractivity contribution is -0.147. The average molecular weight is 322 g/mol. The SMILES string of the molecule is CNC(=O)c1[nH]cnc1C(=O)NC1CCC(C(=O)OC)CC1C.